The van der Waals surface area contributed by atoms with Gasteiger partial charge in [0.25, 0.3) is 5.91 Å². The van der Waals surface area contributed by atoms with Gasteiger partial charge in [0, 0.05) is 43.0 Å². The van der Waals surface area contributed by atoms with Crippen LogP contribution in [-0.4, -0.2) is 65.6 Å². The first kappa shape index (κ1) is 28.9. The van der Waals surface area contributed by atoms with E-state index in [4.69, 9.17) is 25.2 Å². The number of anilines is 2. The molecule has 2 aromatic carbocycles. The third kappa shape index (κ3) is 5.86. The molecule has 0 spiro atoms. The zero-order valence-electron chi connectivity index (χ0n) is 24.7. The molecule has 4 heterocycles. The van der Waals surface area contributed by atoms with E-state index in [1.54, 1.807) is 23.5 Å². The van der Waals surface area contributed by atoms with E-state index in [9.17, 15) is 4.79 Å². The summed E-state index contributed by atoms with van der Waals surface area (Å²) < 4.78 is 13.8. The number of rotatable bonds is 9. The first-order valence-electron chi connectivity index (χ1n) is 14.4. The molecule has 0 aliphatic carbocycles. The summed E-state index contributed by atoms with van der Waals surface area (Å²) in [5, 5.41) is 6.07. The number of amides is 1. The number of nitrogens with one attached hydrogen (secondary N) is 1. The fourth-order valence-corrected chi connectivity index (χ4v) is 6.67. The zero-order chi connectivity index (χ0) is 30.0. The topological polar surface area (TPSA) is 107 Å². The molecule has 1 amide bonds. The Kier molecular flexibility index (Phi) is 8.16. The molecule has 0 radical (unpaired) electrons. The molecule has 0 unspecified atom stereocenters. The quantitative estimate of drug-likeness (QED) is 0.212. The van der Waals surface area contributed by atoms with Crippen molar-refractivity contribution < 1.29 is 14.3 Å². The molecule has 3 N–H and O–H groups in total. The summed E-state index contributed by atoms with van der Waals surface area (Å²) >= 11 is 1.67. The lowest BCUT2D eigenvalue weighted by molar-refractivity contribution is 0.0630. The van der Waals surface area contributed by atoms with E-state index in [2.05, 4.69) is 20.0 Å². The van der Waals surface area contributed by atoms with E-state index in [0.717, 1.165) is 58.4 Å². The molecule has 0 atom stereocenters. The summed E-state index contributed by atoms with van der Waals surface area (Å²) in [7, 11) is 4.06. The molecule has 9 nitrogen and oxygen atoms in total. The second-order valence-corrected chi connectivity index (χ2v) is 12.0. The van der Waals surface area contributed by atoms with Crippen LogP contribution in [0.5, 0.6) is 5.75 Å². The van der Waals surface area contributed by atoms with Gasteiger partial charge in [-0.3, -0.25) is 9.20 Å². The first-order chi connectivity index (χ1) is 20.8. The number of hydrogen-bond acceptors (Lipinski definition) is 8. The number of hydrogen-bond donors (Lipinski definition) is 2. The van der Waals surface area contributed by atoms with Gasteiger partial charge >= 0.3 is 0 Å². The summed E-state index contributed by atoms with van der Waals surface area (Å²) in [6, 6.07) is 19.1. The molecule has 0 saturated carbocycles. The molecule has 10 heteroatoms. The molecule has 3 aromatic heterocycles. The van der Waals surface area contributed by atoms with Crippen molar-refractivity contribution in [2.24, 2.45) is 0 Å². The van der Waals surface area contributed by atoms with Crippen molar-refractivity contribution in [1.82, 2.24) is 19.3 Å². The Bertz CT molecular complexity index is 1740. The normalized spacial score (nSPS) is 14.7. The molecule has 1 aliphatic rings. The lowest BCUT2D eigenvalue weighted by Gasteiger charge is -2.36. The van der Waals surface area contributed by atoms with Crippen LogP contribution in [0, 0.1) is 6.92 Å². The molecular weight excluding hydrogens is 560 g/mol. The summed E-state index contributed by atoms with van der Waals surface area (Å²) in [4.78, 5) is 25.1. The standard InChI is InChI=1S/C33H36N6O3S/c1-22-30(39-15-12-25(20-29(39)35-22)42-19-16-38(2)3)28-21-43-32(37-28)33(13-17-41-18-14-33)24-10-8-23(9-11-24)31(40)36-27-7-5-4-6-26(27)34/h4-12,15,20-21H,13-14,16-19,34H2,1-3H3,(H,36,40). The lowest BCUT2D eigenvalue weighted by atomic mass is 9.74. The van der Waals surface area contributed by atoms with E-state index in [1.165, 1.54) is 0 Å². The Hall–Kier alpha value is -4.25. The monoisotopic (exact) mass is 596 g/mol. The number of aromatic nitrogens is 3. The summed E-state index contributed by atoms with van der Waals surface area (Å²) in [6.45, 7) is 4.78. The second-order valence-electron chi connectivity index (χ2n) is 11.1. The average Bonchev–Trinajstić information content (AvgIpc) is 3.62. The fraction of sp³-hybridized carbons (Fsp3) is 0.303. The molecule has 1 saturated heterocycles. The van der Waals surface area contributed by atoms with Gasteiger partial charge in [-0.1, -0.05) is 24.3 Å². The third-order valence-corrected chi connectivity index (χ3v) is 9.04. The van der Waals surface area contributed by atoms with Crippen LogP contribution in [0.15, 0.2) is 72.2 Å². The van der Waals surface area contributed by atoms with Gasteiger partial charge in [0.15, 0.2) is 0 Å². The minimum atomic E-state index is -0.304. The molecule has 43 heavy (non-hydrogen) atoms. The number of thiazole rings is 1. The van der Waals surface area contributed by atoms with Crippen LogP contribution in [0.3, 0.4) is 0 Å². The number of carbonyl (C=O) groups is 1. The Morgan fingerprint density at radius 2 is 1.88 bits per heavy atom. The number of carbonyl (C=O) groups excluding carboxylic acids is 1. The number of aryl methyl sites for hydroxylation is 1. The van der Waals surface area contributed by atoms with E-state index in [1.807, 2.05) is 75.7 Å². The molecule has 5 aromatic rings. The van der Waals surface area contributed by atoms with Crippen molar-refractivity contribution in [1.29, 1.82) is 0 Å². The Labute approximate surface area is 255 Å². The van der Waals surface area contributed by atoms with Crippen molar-refractivity contribution >= 4 is 34.3 Å². The molecule has 6 rings (SSSR count). The van der Waals surface area contributed by atoms with E-state index >= 15 is 0 Å². The van der Waals surface area contributed by atoms with Crippen molar-refractivity contribution in [3.05, 3.63) is 94.1 Å². The maximum atomic E-state index is 13.0. The first-order valence-corrected chi connectivity index (χ1v) is 15.3. The van der Waals surface area contributed by atoms with Crippen LogP contribution in [0.2, 0.25) is 0 Å². The average molecular weight is 597 g/mol. The number of nitrogens with two attached hydrogens (primary N) is 1. The number of pyridine rings is 1. The number of fused-ring (bicyclic) bond motifs is 1. The van der Waals surface area contributed by atoms with Gasteiger partial charge in [-0.05, 0) is 69.8 Å². The van der Waals surface area contributed by atoms with Crippen molar-refractivity contribution in [3.63, 3.8) is 0 Å². The maximum Gasteiger partial charge on any atom is 0.255 e. The lowest BCUT2D eigenvalue weighted by Crippen LogP contribution is -2.35. The van der Waals surface area contributed by atoms with Crippen LogP contribution >= 0.6 is 11.3 Å². The van der Waals surface area contributed by atoms with Gasteiger partial charge in [0.1, 0.15) is 28.7 Å². The predicted molar refractivity (Wildman–Crippen MR) is 171 cm³/mol. The summed E-state index contributed by atoms with van der Waals surface area (Å²) in [5.41, 5.74) is 12.2. The molecule has 1 aliphatic heterocycles. The van der Waals surface area contributed by atoms with Crippen LogP contribution in [0.4, 0.5) is 11.4 Å². The van der Waals surface area contributed by atoms with E-state index in [-0.39, 0.29) is 11.3 Å². The number of benzene rings is 2. The SMILES string of the molecule is Cc1nc2cc(OCCN(C)C)ccn2c1-c1csc(C2(c3ccc(C(=O)Nc4ccccc4N)cc3)CCOCC2)n1. The predicted octanol–water partition coefficient (Wildman–Crippen LogP) is 5.64. The third-order valence-electron chi connectivity index (χ3n) is 7.99. The number of ether oxygens (including phenoxy) is 2. The van der Waals surface area contributed by atoms with Crippen molar-refractivity contribution in [3.8, 4) is 17.1 Å². The van der Waals surface area contributed by atoms with Crippen LogP contribution < -0.4 is 15.8 Å². The van der Waals surface area contributed by atoms with Crippen molar-refractivity contribution in [2.45, 2.75) is 25.2 Å². The number of likely N-dealkylation sites (N-methyl/N-ethyl adjacent to an activating group) is 1. The Morgan fingerprint density at radius 1 is 1.12 bits per heavy atom. The van der Waals surface area contributed by atoms with Gasteiger partial charge in [-0.25, -0.2) is 9.97 Å². The van der Waals surface area contributed by atoms with Gasteiger partial charge in [0.05, 0.1) is 28.2 Å². The number of para-hydroxylation sites is 2. The summed E-state index contributed by atoms with van der Waals surface area (Å²) in [5.74, 6) is 0.603. The highest BCUT2D eigenvalue weighted by molar-refractivity contribution is 7.10. The van der Waals surface area contributed by atoms with E-state index < -0.39 is 0 Å². The van der Waals surface area contributed by atoms with Crippen LogP contribution in [0.1, 0.15) is 39.5 Å². The van der Waals surface area contributed by atoms with E-state index in [0.29, 0.717) is 36.8 Å². The summed E-state index contributed by atoms with van der Waals surface area (Å²) in [6.07, 6.45) is 3.63. The minimum absolute atomic E-state index is 0.198. The number of imidazole rings is 1. The second kappa shape index (κ2) is 12.2. The zero-order valence-corrected chi connectivity index (χ0v) is 25.5. The fourth-order valence-electron chi connectivity index (χ4n) is 5.58. The number of nitrogen functional groups attached to an aromatic ring is 1. The largest absolute Gasteiger partial charge is 0.492 e. The smallest absolute Gasteiger partial charge is 0.255 e. The molecular formula is C33H36N6O3S. The Balaban J connectivity index is 1.27. The van der Waals surface area contributed by atoms with Crippen LogP contribution in [-0.2, 0) is 10.2 Å². The van der Waals surface area contributed by atoms with Gasteiger partial charge in [0.2, 0.25) is 0 Å². The molecule has 1 fully saturated rings. The minimum Gasteiger partial charge on any atom is -0.492 e. The number of nitrogens with zero attached hydrogens (tertiary/aromatic N) is 4. The molecule has 222 valence electrons. The Morgan fingerprint density at radius 3 is 2.63 bits per heavy atom. The maximum absolute atomic E-state index is 13.0. The van der Waals surface area contributed by atoms with Gasteiger partial charge in [-0.2, -0.15) is 0 Å². The highest BCUT2D eigenvalue weighted by Gasteiger charge is 2.39. The van der Waals surface area contributed by atoms with Gasteiger partial charge in [-0.15, -0.1) is 11.3 Å². The highest BCUT2D eigenvalue weighted by Crippen LogP contribution is 2.44. The highest BCUT2D eigenvalue weighted by atomic mass is 32.1. The molecule has 0 bridgehead atoms. The van der Waals surface area contributed by atoms with Crippen LogP contribution in [0.25, 0.3) is 17.0 Å². The van der Waals surface area contributed by atoms with Gasteiger partial charge < -0.3 is 25.4 Å². The van der Waals surface area contributed by atoms with Crippen molar-refractivity contribution in [2.75, 3.05) is 51.5 Å².